The number of benzene rings is 1. The molecule has 1 amide bonds. The highest BCUT2D eigenvalue weighted by Crippen LogP contribution is 2.35. The fourth-order valence-electron chi connectivity index (χ4n) is 3.64. The lowest BCUT2D eigenvalue weighted by atomic mass is 9.89. The number of alkyl halides is 5. The molecular formula is C21H23ClF4N4O3. The molecule has 2 aromatic rings. The molecule has 0 aliphatic carbocycles. The molecule has 2 atom stereocenters. The van der Waals surface area contributed by atoms with Crippen molar-refractivity contribution in [2.45, 2.75) is 43.3 Å². The van der Waals surface area contributed by atoms with Gasteiger partial charge in [-0.2, -0.15) is 0 Å². The predicted molar refractivity (Wildman–Crippen MR) is 113 cm³/mol. The lowest BCUT2D eigenvalue weighted by Gasteiger charge is -2.42. The van der Waals surface area contributed by atoms with E-state index >= 15 is 0 Å². The highest BCUT2D eigenvalue weighted by atomic mass is 35.5. The van der Waals surface area contributed by atoms with Crippen LogP contribution in [0.4, 0.5) is 23.2 Å². The largest absolute Gasteiger partial charge is 0.573 e. The van der Waals surface area contributed by atoms with E-state index in [4.69, 9.17) is 16.3 Å². The van der Waals surface area contributed by atoms with E-state index in [2.05, 4.69) is 20.0 Å². The van der Waals surface area contributed by atoms with Gasteiger partial charge in [0.05, 0.1) is 6.54 Å². The highest BCUT2D eigenvalue weighted by molar-refractivity contribution is 6.20. The van der Waals surface area contributed by atoms with Gasteiger partial charge in [0.1, 0.15) is 17.6 Å². The molecule has 33 heavy (non-hydrogen) atoms. The van der Waals surface area contributed by atoms with Gasteiger partial charge in [0.25, 0.3) is 5.91 Å². The average Bonchev–Trinajstić information content (AvgIpc) is 2.77. The van der Waals surface area contributed by atoms with Crippen molar-refractivity contribution in [1.82, 2.24) is 15.3 Å². The van der Waals surface area contributed by atoms with Crippen molar-refractivity contribution in [1.29, 1.82) is 0 Å². The Kier molecular flexibility index (Phi) is 7.96. The van der Waals surface area contributed by atoms with Gasteiger partial charge in [0.15, 0.2) is 5.63 Å². The topological polar surface area (TPSA) is 76.6 Å². The summed E-state index contributed by atoms with van der Waals surface area (Å²) in [6.45, 7) is 2.11. The van der Waals surface area contributed by atoms with Gasteiger partial charge in [-0.05, 0) is 44.0 Å². The molecular weight excluding hydrogens is 468 g/mol. The van der Waals surface area contributed by atoms with Crippen molar-refractivity contribution in [3.8, 4) is 5.75 Å². The normalized spacial score (nSPS) is 17.6. The van der Waals surface area contributed by atoms with E-state index in [9.17, 15) is 22.4 Å². The smallest absolute Gasteiger partial charge is 0.406 e. The molecule has 1 N–H and O–H groups in total. The van der Waals surface area contributed by atoms with E-state index in [1.54, 1.807) is 6.92 Å². The second kappa shape index (κ2) is 10.5. The van der Waals surface area contributed by atoms with E-state index in [-0.39, 0.29) is 11.7 Å². The maximum atomic E-state index is 14.1. The van der Waals surface area contributed by atoms with Crippen LogP contribution in [0.1, 0.15) is 25.3 Å². The summed E-state index contributed by atoms with van der Waals surface area (Å²) in [7, 11) is 0. The highest BCUT2D eigenvalue weighted by Gasteiger charge is 2.44. The molecule has 0 bridgehead atoms. The molecule has 1 saturated heterocycles. The summed E-state index contributed by atoms with van der Waals surface area (Å²) in [5, 5.41) is 2.97. The van der Waals surface area contributed by atoms with Crippen LogP contribution in [0.2, 0.25) is 0 Å². The number of ether oxygens (including phenoxy) is 2. The number of carbonyl (C=O) groups is 1. The molecule has 1 aliphatic rings. The molecule has 0 radical (unpaired) electrons. The Balaban J connectivity index is 2.00. The van der Waals surface area contributed by atoms with Gasteiger partial charge in [-0.25, -0.2) is 14.4 Å². The fourth-order valence-corrected chi connectivity index (χ4v) is 3.78. The van der Waals surface area contributed by atoms with Crippen LogP contribution >= 0.6 is 11.6 Å². The third-order valence-electron chi connectivity index (χ3n) is 5.36. The number of hydrogen-bond donors (Lipinski definition) is 1. The Bertz CT molecular complexity index is 912. The Morgan fingerprint density at radius 3 is 2.39 bits per heavy atom. The number of amides is 1. The summed E-state index contributed by atoms with van der Waals surface area (Å²) in [4.78, 5) is 22.9. The first-order valence-electron chi connectivity index (χ1n) is 10.2. The Labute approximate surface area is 193 Å². The monoisotopic (exact) mass is 490 g/mol. The van der Waals surface area contributed by atoms with Crippen LogP contribution < -0.4 is 15.0 Å². The molecule has 0 spiro atoms. The molecule has 3 rings (SSSR count). The minimum Gasteiger partial charge on any atom is -0.406 e. The number of nitrogens with one attached hydrogen (secondary N) is 1. The maximum absolute atomic E-state index is 14.1. The van der Waals surface area contributed by atoms with E-state index in [1.165, 1.54) is 35.8 Å². The molecule has 2 heterocycles. The van der Waals surface area contributed by atoms with Crippen LogP contribution in [0.5, 0.6) is 5.75 Å². The standard InChI is InChI=1S/C21H23ClF4N4O3/c1-20(14-10-27-13-28-11-14,19(31)29-15-6-8-32-9-7-15)30(12-18(22)23)16-2-4-17(5-3-16)33-21(24,25)26/h2-5,10-11,13,15,18H,6-9,12H2,1H3,(H,29,31)/t18-,20-/m0/s1. The van der Waals surface area contributed by atoms with Gasteiger partial charge < -0.3 is 19.7 Å². The summed E-state index contributed by atoms with van der Waals surface area (Å²) in [6.07, 6.45) is 0.488. The zero-order chi connectivity index (χ0) is 24.1. The van der Waals surface area contributed by atoms with Crippen LogP contribution in [0.15, 0.2) is 43.0 Å². The van der Waals surface area contributed by atoms with Gasteiger partial charge >= 0.3 is 6.36 Å². The second-order valence-corrected chi connectivity index (χ2v) is 8.08. The van der Waals surface area contributed by atoms with Crippen LogP contribution in [-0.2, 0) is 15.1 Å². The van der Waals surface area contributed by atoms with Crippen molar-refractivity contribution in [2.75, 3.05) is 24.7 Å². The van der Waals surface area contributed by atoms with E-state index in [0.717, 1.165) is 12.1 Å². The number of carbonyl (C=O) groups excluding carboxylic acids is 1. The Hall–Kier alpha value is -2.66. The fraction of sp³-hybridized carbons (Fsp3) is 0.476. The molecule has 0 saturated carbocycles. The summed E-state index contributed by atoms with van der Waals surface area (Å²) in [5.74, 6) is -0.914. The first-order valence-corrected chi connectivity index (χ1v) is 10.6. The number of hydrogen-bond acceptors (Lipinski definition) is 6. The minimum atomic E-state index is -4.86. The Morgan fingerprint density at radius 2 is 1.85 bits per heavy atom. The van der Waals surface area contributed by atoms with Gasteiger partial charge in [-0.15, -0.1) is 13.2 Å². The van der Waals surface area contributed by atoms with Crippen molar-refractivity contribution in [2.24, 2.45) is 0 Å². The number of aromatic nitrogens is 2. The van der Waals surface area contributed by atoms with Gasteiger partial charge in [-0.3, -0.25) is 4.79 Å². The van der Waals surface area contributed by atoms with Crippen LogP contribution in [0.25, 0.3) is 0 Å². The number of nitrogens with zero attached hydrogens (tertiary/aromatic N) is 3. The van der Waals surface area contributed by atoms with Crippen molar-refractivity contribution in [3.05, 3.63) is 48.5 Å². The van der Waals surface area contributed by atoms with Crippen LogP contribution in [0, 0.1) is 0 Å². The van der Waals surface area contributed by atoms with E-state index in [0.29, 0.717) is 31.6 Å². The molecule has 7 nitrogen and oxygen atoms in total. The predicted octanol–water partition coefficient (Wildman–Crippen LogP) is 3.93. The lowest BCUT2D eigenvalue weighted by Crippen LogP contribution is -2.58. The number of anilines is 1. The molecule has 1 fully saturated rings. The molecule has 1 aromatic heterocycles. The zero-order valence-electron chi connectivity index (χ0n) is 17.7. The van der Waals surface area contributed by atoms with Crippen molar-refractivity contribution < 1.29 is 31.8 Å². The Morgan fingerprint density at radius 1 is 1.24 bits per heavy atom. The molecule has 0 unspecified atom stereocenters. The number of rotatable bonds is 8. The van der Waals surface area contributed by atoms with E-state index in [1.807, 2.05) is 0 Å². The summed E-state index contributed by atoms with van der Waals surface area (Å²) in [6, 6.07) is 4.59. The molecule has 1 aromatic carbocycles. The molecule has 12 heteroatoms. The summed E-state index contributed by atoms with van der Waals surface area (Å²) in [5.41, 5.74) is -2.81. The van der Waals surface area contributed by atoms with Crippen molar-refractivity contribution >= 4 is 23.2 Å². The SMILES string of the molecule is C[C@@](C(=O)NC1CCOCC1)(c1cncnc1)N(C[C@H](F)Cl)c1ccc(OC(F)(F)F)cc1. The third-order valence-corrected chi connectivity index (χ3v) is 5.50. The summed E-state index contributed by atoms with van der Waals surface area (Å²) >= 11 is 5.67. The van der Waals surface area contributed by atoms with Crippen molar-refractivity contribution in [3.63, 3.8) is 0 Å². The van der Waals surface area contributed by atoms with Gasteiger partial charge in [0.2, 0.25) is 0 Å². The quantitative estimate of drug-likeness (QED) is 0.446. The van der Waals surface area contributed by atoms with Crippen LogP contribution in [0.3, 0.4) is 0 Å². The maximum Gasteiger partial charge on any atom is 0.573 e. The first-order chi connectivity index (χ1) is 15.6. The lowest BCUT2D eigenvalue weighted by molar-refractivity contribution is -0.274. The number of halogens is 5. The minimum absolute atomic E-state index is 0.156. The van der Waals surface area contributed by atoms with Gasteiger partial charge in [0, 0.05) is 42.9 Å². The third kappa shape index (κ3) is 6.44. The summed E-state index contributed by atoms with van der Waals surface area (Å²) < 4.78 is 60.9. The van der Waals surface area contributed by atoms with Gasteiger partial charge in [-0.1, -0.05) is 11.6 Å². The molecule has 1 aliphatic heterocycles. The van der Waals surface area contributed by atoms with Crippen LogP contribution in [-0.4, -0.2) is 53.7 Å². The zero-order valence-corrected chi connectivity index (χ0v) is 18.4. The second-order valence-electron chi connectivity index (χ2n) is 7.60. The van der Waals surface area contributed by atoms with E-state index < -0.39 is 35.7 Å². The molecule has 180 valence electrons. The first kappa shape index (κ1) is 25.0. The average molecular weight is 491 g/mol.